The Bertz CT molecular complexity index is 1230. The van der Waals surface area contributed by atoms with Gasteiger partial charge in [-0.25, -0.2) is 0 Å². The van der Waals surface area contributed by atoms with E-state index in [-0.39, 0.29) is 30.6 Å². The van der Waals surface area contributed by atoms with Crippen molar-refractivity contribution in [3.8, 4) is 0 Å². The summed E-state index contributed by atoms with van der Waals surface area (Å²) in [5.41, 5.74) is 3.56. The Hall–Kier alpha value is -3.36. The summed E-state index contributed by atoms with van der Waals surface area (Å²) >= 11 is 1.80. The van der Waals surface area contributed by atoms with Crippen LogP contribution in [-0.2, 0) is 20.1 Å². The van der Waals surface area contributed by atoms with Crippen molar-refractivity contribution in [3.05, 3.63) is 89.7 Å². The molecule has 1 aliphatic heterocycles. The first-order valence-corrected chi connectivity index (χ1v) is 14.6. The number of thioether (sulfide) groups is 1. The maximum Gasteiger partial charge on any atom is 0.251 e. The van der Waals surface area contributed by atoms with Gasteiger partial charge in [-0.3, -0.25) is 19.7 Å². The van der Waals surface area contributed by atoms with Crippen molar-refractivity contribution in [3.63, 3.8) is 0 Å². The van der Waals surface area contributed by atoms with E-state index in [9.17, 15) is 19.5 Å². The lowest BCUT2D eigenvalue weighted by molar-refractivity contribution is -0.131. The van der Waals surface area contributed by atoms with Gasteiger partial charge in [-0.05, 0) is 67.4 Å². The standard InChI is InChI=1S/C31H35N3O4S/c1-2-26(35)27(36)17-29(37)34(23-15-11-20(12-16-23)31(38)33-22-13-14-22)19-32-30-24-8-4-3-7-21(24)18-39-28-10-6-5-9-25(28)30/h2-10,17,20,22-23,30,32,36H,1,11-16,18-19H2,(H,33,38)/b27-17-/t20?,23?,30-/m0/s1. The van der Waals surface area contributed by atoms with Crippen molar-refractivity contribution < 1.29 is 19.5 Å². The highest BCUT2D eigenvalue weighted by Gasteiger charge is 2.34. The first-order chi connectivity index (χ1) is 18.9. The zero-order chi connectivity index (χ0) is 27.4. The molecule has 1 atom stereocenters. The highest BCUT2D eigenvalue weighted by atomic mass is 32.2. The Morgan fingerprint density at radius 1 is 0.974 bits per heavy atom. The molecule has 2 saturated carbocycles. The van der Waals surface area contributed by atoms with Crippen molar-refractivity contribution in [1.82, 2.24) is 15.5 Å². The van der Waals surface area contributed by atoms with Crippen LogP contribution in [0.4, 0.5) is 0 Å². The summed E-state index contributed by atoms with van der Waals surface area (Å²) in [5, 5.41) is 16.9. The van der Waals surface area contributed by atoms with Crippen molar-refractivity contribution >= 4 is 29.4 Å². The molecule has 204 valence electrons. The largest absolute Gasteiger partial charge is 0.504 e. The lowest BCUT2D eigenvalue weighted by Gasteiger charge is -2.37. The van der Waals surface area contributed by atoms with Crippen LogP contribution in [0.3, 0.4) is 0 Å². The molecular weight excluding hydrogens is 510 g/mol. The van der Waals surface area contributed by atoms with Crippen LogP contribution in [0.1, 0.15) is 61.3 Å². The number of allylic oxidation sites excluding steroid dienone is 1. The van der Waals surface area contributed by atoms with E-state index in [0.717, 1.165) is 36.3 Å². The van der Waals surface area contributed by atoms with Crippen LogP contribution in [0.25, 0.3) is 0 Å². The molecular formula is C31H35N3O4S. The van der Waals surface area contributed by atoms with Crippen LogP contribution >= 0.6 is 11.8 Å². The predicted molar refractivity (Wildman–Crippen MR) is 152 cm³/mol. The molecule has 8 heteroatoms. The van der Waals surface area contributed by atoms with Gasteiger partial charge in [0.25, 0.3) is 5.91 Å². The fraction of sp³-hybridized carbons (Fsp3) is 0.387. The second-order valence-electron chi connectivity index (χ2n) is 10.5. The number of amides is 2. The van der Waals surface area contributed by atoms with Gasteiger partial charge in [-0.1, -0.05) is 49.0 Å². The van der Waals surface area contributed by atoms with Gasteiger partial charge >= 0.3 is 0 Å². The minimum Gasteiger partial charge on any atom is -0.504 e. The minimum atomic E-state index is -0.694. The van der Waals surface area contributed by atoms with Gasteiger partial charge in [0.15, 0.2) is 5.76 Å². The van der Waals surface area contributed by atoms with E-state index in [0.29, 0.717) is 31.7 Å². The van der Waals surface area contributed by atoms with Crippen LogP contribution < -0.4 is 10.6 Å². The van der Waals surface area contributed by atoms with E-state index < -0.39 is 17.4 Å². The van der Waals surface area contributed by atoms with Crippen LogP contribution in [0.15, 0.2) is 77.9 Å². The molecule has 0 saturated heterocycles. The molecule has 3 aliphatic rings. The van der Waals surface area contributed by atoms with Crippen LogP contribution in [-0.4, -0.2) is 46.4 Å². The molecule has 2 aliphatic carbocycles. The summed E-state index contributed by atoms with van der Waals surface area (Å²) < 4.78 is 0. The van der Waals surface area contributed by atoms with E-state index in [1.165, 1.54) is 16.0 Å². The number of ketones is 1. The molecule has 1 heterocycles. The average Bonchev–Trinajstić information content (AvgIpc) is 3.79. The first-order valence-electron chi connectivity index (χ1n) is 13.7. The number of aliphatic hydroxyl groups excluding tert-OH is 1. The molecule has 7 nitrogen and oxygen atoms in total. The highest BCUT2D eigenvalue weighted by Crippen LogP contribution is 2.39. The summed E-state index contributed by atoms with van der Waals surface area (Å²) in [6.45, 7) is 3.62. The average molecular weight is 546 g/mol. The zero-order valence-electron chi connectivity index (χ0n) is 22.0. The third-order valence-electron chi connectivity index (χ3n) is 7.86. The molecule has 3 N–H and O–H groups in total. The Balaban J connectivity index is 1.37. The maximum atomic E-state index is 13.5. The molecule has 2 aromatic rings. The zero-order valence-corrected chi connectivity index (χ0v) is 22.8. The number of fused-ring (bicyclic) bond motifs is 2. The van der Waals surface area contributed by atoms with Gasteiger partial charge in [-0.15, -0.1) is 11.8 Å². The SMILES string of the molecule is C=CC(=O)/C(O)=C/C(=O)N(CN[C@H]1c2ccccc2CSc2ccccc21)C1CCC(C(=O)NC2CC2)CC1. The van der Waals surface area contributed by atoms with Gasteiger partial charge in [0, 0.05) is 34.7 Å². The molecule has 0 bridgehead atoms. The molecule has 0 unspecified atom stereocenters. The van der Waals surface area contributed by atoms with Gasteiger partial charge < -0.3 is 15.3 Å². The Kier molecular flexibility index (Phi) is 8.53. The highest BCUT2D eigenvalue weighted by molar-refractivity contribution is 7.98. The molecule has 2 fully saturated rings. The summed E-state index contributed by atoms with van der Waals surface area (Å²) in [6, 6.07) is 16.7. The summed E-state index contributed by atoms with van der Waals surface area (Å²) in [5.74, 6) is -0.827. The molecule has 2 amide bonds. The topological polar surface area (TPSA) is 98.7 Å². The van der Waals surface area contributed by atoms with Crippen LogP contribution in [0.5, 0.6) is 0 Å². The van der Waals surface area contributed by atoms with E-state index in [4.69, 9.17) is 0 Å². The lowest BCUT2D eigenvalue weighted by atomic mass is 9.84. The number of carbonyl (C=O) groups is 3. The number of hydrogen-bond acceptors (Lipinski definition) is 6. The van der Waals surface area contributed by atoms with Crippen LogP contribution in [0.2, 0.25) is 0 Å². The smallest absolute Gasteiger partial charge is 0.251 e. The molecule has 5 rings (SSSR count). The quantitative estimate of drug-likeness (QED) is 0.238. The molecule has 0 spiro atoms. The van der Waals surface area contributed by atoms with E-state index in [1.54, 1.807) is 16.7 Å². The Morgan fingerprint density at radius 3 is 2.38 bits per heavy atom. The van der Waals surface area contributed by atoms with Crippen molar-refractivity contribution in [2.45, 2.75) is 67.3 Å². The normalized spacial score (nSPS) is 22.6. The maximum absolute atomic E-state index is 13.5. The number of rotatable bonds is 9. The van der Waals surface area contributed by atoms with E-state index in [1.807, 2.05) is 24.3 Å². The lowest BCUT2D eigenvalue weighted by Crippen LogP contribution is -2.48. The third-order valence-corrected chi connectivity index (χ3v) is 9.00. The predicted octanol–water partition coefficient (Wildman–Crippen LogP) is 4.79. The third kappa shape index (κ3) is 6.45. The van der Waals surface area contributed by atoms with Gasteiger partial charge in [0.1, 0.15) is 0 Å². The van der Waals surface area contributed by atoms with E-state index in [2.05, 4.69) is 41.5 Å². The molecule has 0 radical (unpaired) electrons. The van der Waals surface area contributed by atoms with Crippen molar-refractivity contribution in [1.29, 1.82) is 0 Å². The summed E-state index contributed by atoms with van der Waals surface area (Å²) in [6.07, 6.45) is 6.83. The van der Waals surface area contributed by atoms with Gasteiger partial charge in [0.05, 0.1) is 12.7 Å². The number of hydrogen-bond donors (Lipinski definition) is 3. The van der Waals surface area contributed by atoms with Gasteiger partial charge in [0.2, 0.25) is 11.7 Å². The fourth-order valence-electron chi connectivity index (χ4n) is 5.49. The number of nitrogens with one attached hydrogen (secondary N) is 2. The number of aliphatic hydroxyl groups is 1. The van der Waals surface area contributed by atoms with E-state index >= 15 is 0 Å². The monoisotopic (exact) mass is 545 g/mol. The molecule has 0 aromatic heterocycles. The summed E-state index contributed by atoms with van der Waals surface area (Å²) in [4.78, 5) is 40.9. The number of carbonyl (C=O) groups excluding carboxylic acids is 3. The number of nitrogens with zero attached hydrogens (tertiary/aromatic N) is 1. The fourth-order valence-corrected chi connectivity index (χ4v) is 6.59. The van der Waals surface area contributed by atoms with Crippen molar-refractivity contribution in [2.24, 2.45) is 5.92 Å². The number of benzene rings is 2. The molecule has 39 heavy (non-hydrogen) atoms. The first kappa shape index (κ1) is 27.2. The minimum absolute atomic E-state index is 0.0457. The Labute approximate surface area is 233 Å². The second-order valence-corrected chi connectivity index (χ2v) is 11.5. The summed E-state index contributed by atoms with van der Waals surface area (Å²) in [7, 11) is 0. The van der Waals surface area contributed by atoms with Gasteiger partial charge in [-0.2, -0.15) is 0 Å². The van der Waals surface area contributed by atoms with Crippen LogP contribution in [0, 0.1) is 5.92 Å². The Morgan fingerprint density at radius 2 is 1.67 bits per heavy atom. The second kappa shape index (κ2) is 12.2. The molecule has 2 aromatic carbocycles. The van der Waals surface area contributed by atoms with Crippen molar-refractivity contribution in [2.75, 3.05) is 6.67 Å².